The molecule has 0 aliphatic heterocycles. The summed E-state index contributed by atoms with van der Waals surface area (Å²) in [5.74, 6) is 0. The maximum atomic E-state index is 5.51. The van der Waals surface area contributed by atoms with Crippen LogP contribution in [0.25, 0.3) is 10.8 Å². The number of nitrogens with zero attached hydrogens (tertiary/aromatic N) is 1. The molecule has 1 aromatic heterocycles. The molecule has 17 heavy (non-hydrogen) atoms. The molecule has 1 heterocycles. The monoisotopic (exact) mass is 224 g/mol. The molecule has 0 unspecified atom stereocenters. The molecule has 0 bridgehead atoms. The molecule has 0 aliphatic carbocycles. The number of rotatable bonds is 3. The van der Waals surface area contributed by atoms with E-state index in [2.05, 4.69) is 40.3 Å². The summed E-state index contributed by atoms with van der Waals surface area (Å²) in [4.78, 5) is 6.93. The lowest BCUT2D eigenvalue weighted by Crippen LogP contribution is -1.96. The highest BCUT2D eigenvalue weighted by atomic mass is 16.5. The number of H-pyrrole nitrogens is 1. The van der Waals surface area contributed by atoms with Crippen molar-refractivity contribution in [2.45, 2.75) is 6.61 Å². The number of fused-ring (bicyclic) bond motifs is 1. The van der Waals surface area contributed by atoms with Crippen molar-refractivity contribution in [2.75, 3.05) is 0 Å². The van der Waals surface area contributed by atoms with Crippen LogP contribution < -0.4 is 4.74 Å². The molecule has 0 aliphatic rings. The fourth-order valence-electron chi connectivity index (χ4n) is 1.81. The lowest BCUT2D eigenvalue weighted by Gasteiger charge is -2.04. The number of ether oxygens (including phenoxy) is 1. The highest BCUT2D eigenvalue weighted by molar-refractivity contribution is 5.82. The lowest BCUT2D eigenvalue weighted by molar-refractivity contribution is 0.284. The molecule has 2 aromatic carbocycles. The van der Waals surface area contributed by atoms with Gasteiger partial charge >= 0.3 is 0 Å². The molecule has 0 spiro atoms. The molecule has 0 saturated carbocycles. The molecule has 1 N–H and O–H groups in total. The molecule has 0 radical (unpaired) electrons. The second-order valence-corrected chi connectivity index (χ2v) is 3.86. The van der Waals surface area contributed by atoms with E-state index in [9.17, 15) is 0 Å². The van der Waals surface area contributed by atoms with Crippen LogP contribution in [0.3, 0.4) is 0 Å². The summed E-state index contributed by atoms with van der Waals surface area (Å²) in [6.45, 7) is 0.526. The maximum absolute atomic E-state index is 5.51. The fourth-order valence-corrected chi connectivity index (χ4v) is 1.81. The Morgan fingerprint density at radius 3 is 2.76 bits per heavy atom. The Morgan fingerprint density at radius 2 is 1.94 bits per heavy atom. The minimum Gasteiger partial charge on any atom is -0.460 e. The third-order valence-electron chi connectivity index (χ3n) is 2.66. The van der Waals surface area contributed by atoms with Gasteiger partial charge in [-0.2, -0.15) is 0 Å². The zero-order valence-corrected chi connectivity index (χ0v) is 9.26. The summed E-state index contributed by atoms with van der Waals surface area (Å²) in [5, 5.41) is 2.47. The first-order valence-electron chi connectivity index (χ1n) is 5.52. The van der Waals surface area contributed by atoms with Crippen molar-refractivity contribution < 1.29 is 4.74 Å². The van der Waals surface area contributed by atoms with Crippen LogP contribution in [-0.2, 0) is 6.61 Å². The van der Waals surface area contributed by atoms with Crippen molar-refractivity contribution >= 4 is 10.8 Å². The van der Waals surface area contributed by atoms with Crippen LogP contribution in [0.15, 0.2) is 54.9 Å². The fraction of sp³-hybridized carbons (Fsp3) is 0.0714. The Balaban J connectivity index is 1.81. The van der Waals surface area contributed by atoms with Crippen molar-refractivity contribution in [3.8, 4) is 6.01 Å². The first-order chi connectivity index (χ1) is 8.42. The SMILES string of the molecule is c1ccc2cc(COc3ncc[nH]3)ccc2c1. The molecule has 0 saturated heterocycles. The van der Waals surface area contributed by atoms with E-state index in [-0.39, 0.29) is 0 Å². The summed E-state index contributed by atoms with van der Waals surface area (Å²) < 4.78 is 5.51. The Hall–Kier alpha value is -2.29. The first kappa shape index (κ1) is 9.90. The van der Waals surface area contributed by atoms with E-state index in [1.807, 2.05) is 12.1 Å². The molecular formula is C14H12N2O. The zero-order chi connectivity index (χ0) is 11.5. The summed E-state index contributed by atoms with van der Waals surface area (Å²) in [6.07, 6.45) is 3.42. The number of aromatic amines is 1. The third kappa shape index (κ3) is 2.13. The number of hydrogen-bond donors (Lipinski definition) is 1. The van der Waals surface area contributed by atoms with Crippen LogP contribution in [0.1, 0.15) is 5.56 Å². The number of imidazole rings is 1. The van der Waals surface area contributed by atoms with Gasteiger partial charge in [-0.3, -0.25) is 0 Å². The molecule has 84 valence electrons. The minimum atomic E-state index is 0.526. The van der Waals surface area contributed by atoms with Crippen LogP contribution in [0, 0.1) is 0 Å². The van der Waals surface area contributed by atoms with Crippen molar-refractivity contribution in [2.24, 2.45) is 0 Å². The topological polar surface area (TPSA) is 37.9 Å². The third-order valence-corrected chi connectivity index (χ3v) is 2.66. The average Bonchev–Trinajstić information content (AvgIpc) is 2.89. The van der Waals surface area contributed by atoms with Crippen LogP contribution in [0.5, 0.6) is 6.01 Å². The van der Waals surface area contributed by atoms with E-state index in [1.165, 1.54) is 10.8 Å². The number of aromatic nitrogens is 2. The minimum absolute atomic E-state index is 0.526. The Labute approximate surface area is 99.1 Å². The van der Waals surface area contributed by atoms with Crippen LogP contribution in [-0.4, -0.2) is 9.97 Å². The van der Waals surface area contributed by atoms with Gasteiger partial charge < -0.3 is 9.72 Å². The summed E-state index contributed by atoms with van der Waals surface area (Å²) in [7, 11) is 0. The average molecular weight is 224 g/mol. The molecule has 0 atom stereocenters. The van der Waals surface area contributed by atoms with Gasteiger partial charge in [-0.1, -0.05) is 36.4 Å². The zero-order valence-electron chi connectivity index (χ0n) is 9.26. The van der Waals surface area contributed by atoms with Crippen molar-refractivity contribution in [1.82, 2.24) is 9.97 Å². The molecule has 0 fully saturated rings. The second-order valence-electron chi connectivity index (χ2n) is 3.86. The van der Waals surface area contributed by atoms with E-state index >= 15 is 0 Å². The van der Waals surface area contributed by atoms with E-state index < -0.39 is 0 Å². The van der Waals surface area contributed by atoms with Crippen molar-refractivity contribution in [1.29, 1.82) is 0 Å². The Kier molecular flexibility index (Phi) is 2.50. The first-order valence-corrected chi connectivity index (χ1v) is 5.52. The molecule has 3 rings (SSSR count). The number of nitrogens with one attached hydrogen (secondary N) is 1. The standard InChI is InChI=1S/C14H12N2O/c1-2-4-13-9-11(5-6-12(13)3-1)10-17-14-15-7-8-16-14/h1-9H,10H2,(H,15,16). The normalized spacial score (nSPS) is 10.6. The molecule has 3 heteroatoms. The summed E-state index contributed by atoms with van der Waals surface area (Å²) >= 11 is 0. The van der Waals surface area contributed by atoms with Gasteiger partial charge in [-0.15, -0.1) is 0 Å². The summed E-state index contributed by atoms with van der Waals surface area (Å²) in [6, 6.07) is 15.2. The van der Waals surface area contributed by atoms with Crippen LogP contribution >= 0.6 is 0 Å². The highest BCUT2D eigenvalue weighted by Gasteiger charge is 1.98. The molecule has 3 nitrogen and oxygen atoms in total. The van der Waals surface area contributed by atoms with Gasteiger partial charge in [0.2, 0.25) is 0 Å². The molecule has 0 amide bonds. The smallest absolute Gasteiger partial charge is 0.293 e. The van der Waals surface area contributed by atoms with E-state index in [1.54, 1.807) is 12.4 Å². The quantitative estimate of drug-likeness (QED) is 0.742. The summed E-state index contributed by atoms with van der Waals surface area (Å²) in [5.41, 5.74) is 1.14. The maximum Gasteiger partial charge on any atom is 0.293 e. The van der Waals surface area contributed by atoms with Gasteiger partial charge in [0.25, 0.3) is 6.01 Å². The molecule has 3 aromatic rings. The van der Waals surface area contributed by atoms with E-state index in [0.29, 0.717) is 12.6 Å². The predicted molar refractivity (Wildman–Crippen MR) is 66.9 cm³/mol. The van der Waals surface area contributed by atoms with Crippen LogP contribution in [0.4, 0.5) is 0 Å². The Morgan fingerprint density at radius 1 is 1.06 bits per heavy atom. The van der Waals surface area contributed by atoms with Gasteiger partial charge in [-0.05, 0) is 22.4 Å². The Bertz CT molecular complexity index is 617. The van der Waals surface area contributed by atoms with E-state index in [4.69, 9.17) is 4.74 Å². The van der Waals surface area contributed by atoms with Crippen molar-refractivity contribution in [3.63, 3.8) is 0 Å². The highest BCUT2D eigenvalue weighted by Crippen LogP contribution is 2.16. The van der Waals surface area contributed by atoms with Crippen LogP contribution in [0.2, 0.25) is 0 Å². The predicted octanol–water partition coefficient (Wildman–Crippen LogP) is 3.14. The largest absolute Gasteiger partial charge is 0.460 e. The van der Waals surface area contributed by atoms with Gasteiger partial charge in [-0.25, -0.2) is 4.98 Å². The molecular weight excluding hydrogens is 212 g/mol. The number of benzene rings is 2. The van der Waals surface area contributed by atoms with Crippen molar-refractivity contribution in [3.05, 3.63) is 60.4 Å². The lowest BCUT2D eigenvalue weighted by atomic mass is 10.1. The van der Waals surface area contributed by atoms with Gasteiger partial charge in [0.1, 0.15) is 6.61 Å². The second kappa shape index (κ2) is 4.29. The van der Waals surface area contributed by atoms with Gasteiger partial charge in [0.05, 0.1) is 0 Å². The number of hydrogen-bond acceptors (Lipinski definition) is 2. The van der Waals surface area contributed by atoms with Gasteiger partial charge in [0, 0.05) is 12.4 Å². The van der Waals surface area contributed by atoms with E-state index in [0.717, 1.165) is 5.56 Å². The van der Waals surface area contributed by atoms with Gasteiger partial charge in [0.15, 0.2) is 0 Å².